The molecule has 2 fully saturated rings. The van der Waals surface area contributed by atoms with E-state index in [4.69, 9.17) is 11.5 Å². The van der Waals surface area contributed by atoms with Crippen molar-refractivity contribution in [2.75, 3.05) is 13.1 Å². The lowest BCUT2D eigenvalue weighted by atomic mass is 9.99. The molecular formula is C69H86N14O14. The maximum atomic E-state index is 15.3. The van der Waals surface area contributed by atoms with Gasteiger partial charge in [0.2, 0.25) is 65.0 Å². The van der Waals surface area contributed by atoms with Crippen LogP contribution in [0.3, 0.4) is 0 Å². The van der Waals surface area contributed by atoms with E-state index in [2.05, 4.69) is 57.8 Å². The Kier molecular flexibility index (Phi) is 25.4. The number of carbonyl (C=O) groups is 12. The molecule has 17 N–H and O–H groups in total. The summed E-state index contributed by atoms with van der Waals surface area (Å²) in [5.74, 6) is -12.4. The zero-order valence-electron chi connectivity index (χ0n) is 54.3. The van der Waals surface area contributed by atoms with E-state index in [-0.39, 0.29) is 82.5 Å². The molecule has 516 valence electrons. The number of hydrogen-bond donors (Lipinski definition) is 15. The van der Waals surface area contributed by atoms with Gasteiger partial charge >= 0.3 is 5.97 Å². The van der Waals surface area contributed by atoms with Crippen LogP contribution in [0.25, 0.3) is 21.8 Å². The van der Waals surface area contributed by atoms with Crippen molar-refractivity contribution >= 4 is 92.8 Å². The van der Waals surface area contributed by atoms with E-state index >= 15 is 14.4 Å². The van der Waals surface area contributed by atoms with Gasteiger partial charge in [-0.05, 0) is 97.5 Å². The predicted octanol–water partition coefficient (Wildman–Crippen LogP) is 0.928. The van der Waals surface area contributed by atoms with Gasteiger partial charge in [-0.3, -0.25) is 57.5 Å². The number of carbonyl (C=O) groups excluding carboxylic acids is 11. The summed E-state index contributed by atoms with van der Waals surface area (Å²) in [7, 11) is 0. The quantitative estimate of drug-likeness (QED) is 0.0536. The molecule has 4 aromatic carbocycles. The monoisotopic (exact) mass is 1330 g/mol. The Morgan fingerprint density at radius 1 is 0.505 bits per heavy atom. The highest BCUT2D eigenvalue weighted by atomic mass is 16.4. The Hall–Kier alpha value is -10.6. The number of phenolic OH excluding ortho intramolecular Hbond substituents is 1. The Labute approximate surface area is 559 Å². The first-order valence-corrected chi connectivity index (χ1v) is 32.6. The van der Waals surface area contributed by atoms with Crippen molar-refractivity contribution in [2.45, 2.75) is 165 Å². The summed E-state index contributed by atoms with van der Waals surface area (Å²) in [5, 5.41) is 45.8. The second kappa shape index (κ2) is 34.2. The van der Waals surface area contributed by atoms with E-state index in [0.29, 0.717) is 56.9 Å². The molecule has 2 aliphatic heterocycles. The minimum Gasteiger partial charge on any atom is -0.508 e. The standard InChI is InChI=1S/C69H86N14O14/c1-4-14-48-60(88)75-49(21-12-27-70)61(89)76-50(29-38(2)3)62(90)82-56(31-40-23-25-43(84)26-24-40)69(97)83-28-13-22-57(83)68(96)81-53(33-42-37-73-47-20-11-9-18-45(42)47)65(93)77-51(30-39-15-6-5-7-16-39)63(91)79-54(34-58(71)85)66(94)80-55(35-59(86)87)67(95)78-52(64(92)74-48)32-41-36-72-46-19-10-8-17-44(41)46/h5-11,15-20,23-26,36-38,48-57,72-73,84H,4,12-14,21-22,27-35,70H2,1-3H3,(H2,71,85)(H,74,92)(H,75,88)(H,76,89)(H,77,93)(H,78,95)(H,79,91)(H,80,94)(H,81,96)(H,82,90)(H,86,87)/t48-,49-,50-,51?,52-,53-,54-,55-,56+,57-/m0/s1. The van der Waals surface area contributed by atoms with Crippen LogP contribution in [0.2, 0.25) is 0 Å². The van der Waals surface area contributed by atoms with Gasteiger partial charge in [-0.25, -0.2) is 0 Å². The number of hydrogen-bond acceptors (Lipinski definition) is 14. The van der Waals surface area contributed by atoms with E-state index in [1.54, 1.807) is 110 Å². The van der Waals surface area contributed by atoms with Gasteiger partial charge in [-0.2, -0.15) is 0 Å². The summed E-state index contributed by atoms with van der Waals surface area (Å²) in [5.41, 5.74) is 15.0. The summed E-state index contributed by atoms with van der Waals surface area (Å²) >= 11 is 0. The number of amides is 11. The molecule has 2 saturated heterocycles. The van der Waals surface area contributed by atoms with Crippen molar-refractivity contribution in [3.63, 3.8) is 0 Å². The molecular weight excluding hydrogens is 1250 g/mol. The fourth-order valence-corrected chi connectivity index (χ4v) is 12.2. The summed E-state index contributed by atoms with van der Waals surface area (Å²) in [6.07, 6.45) is 1.21. The van der Waals surface area contributed by atoms with Crippen molar-refractivity contribution in [1.82, 2.24) is 62.7 Å². The maximum absolute atomic E-state index is 15.3. The van der Waals surface area contributed by atoms with Crippen LogP contribution in [0.4, 0.5) is 0 Å². The lowest BCUT2D eigenvalue weighted by Gasteiger charge is -2.31. The lowest BCUT2D eigenvalue weighted by molar-refractivity contribution is -0.142. The van der Waals surface area contributed by atoms with Crippen LogP contribution in [-0.2, 0) is 83.2 Å². The molecule has 28 nitrogen and oxygen atoms in total. The molecule has 8 rings (SSSR count). The highest BCUT2D eigenvalue weighted by molar-refractivity contribution is 6.01. The third-order valence-corrected chi connectivity index (χ3v) is 17.1. The molecule has 0 aliphatic carbocycles. The lowest BCUT2D eigenvalue weighted by Crippen LogP contribution is -2.62. The summed E-state index contributed by atoms with van der Waals surface area (Å²) < 4.78 is 0. The number of nitrogens with two attached hydrogens (primary N) is 2. The smallest absolute Gasteiger partial charge is 0.305 e. The van der Waals surface area contributed by atoms with Crippen LogP contribution >= 0.6 is 0 Å². The van der Waals surface area contributed by atoms with Gasteiger partial charge in [0.05, 0.1) is 12.8 Å². The van der Waals surface area contributed by atoms with E-state index in [9.17, 15) is 53.4 Å². The second-order valence-electron chi connectivity index (χ2n) is 25.0. The van der Waals surface area contributed by atoms with Crippen LogP contribution in [0.5, 0.6) is 5.75 Å². The number of phenols is 1. The fraction of sp³-hybridized carbons (Fsp3) is 0.420. The third kappa shape index (κ3) is 20.0. The first-order chi connectivity index (χ1) is 46.5. The maximum Gasteiger partial charge on any atom is 0.305 e. The zero-order valence-corrected chi connectivity index (χ0v) is 54.3. The number of nitrogens with one attached hydrogen (secondary N) is 11. The minimum absolute atomic E-state index is 0.0168. The number of aliphatic carboxylic acids is 1. The number of para-hydroxylation sites is 2. The van der Waals surface area contributed by atoms with E-state index in [0.717, 1.165) is 0 Å². The van der Waals surface area contributed by atoms with Gasteiger partial charge < -0.3 is 84.4 Å². The number of benzene rings is 4. The molecule has 0 spiro atoms. The van der Waals surface area contributed by atoms with Crippen LogP contribution in [-0.4, -0.2) is 170 Å². The van der Waals surface area contributed by atoms with Crippen LogP contribution in [0.15, 0.2) is 116 Å². The fourth-order valence-electron chi connectivity index (χ4n) is 12.2. The van der Waals surface area contributed by atoms with Crippen LogP contribution < -0.4 is 59.3 Å². The molecule has 0 radical (unpaired) electrons. The van der Waals surface area contributed by atoms with Gasteiger partial charge in [0.15, 0.2) is 0 Å². The first kappa shape index (κ1) is 72.2. The SMILES string of the molecule is CCC[C@@H]1NC(=O)[C@H](Cc2c[nH]c3ccccc23)NC(=O)[C@H](CC(=O)O)NC(=O)[C@H](CC(N)=O)NC(=O)C(Cc2ccccc2)NC(=O)[C@H](Cc2c[nH]c3ccccc23)NC(=O)[C@@H]2CCCN2C(=O)[C@@H](Cc2ccc(O)cc2)NC(=O)[C@H](CC(C)C)NC(=O)[C@H](CCCN)NC1=O. The number of aromatic nitrogens is 2. The molecule has 0 bridgehead atoms. The Morgan fingerprint density at radius 2 is 0.928 bits per heavy atom. The van der Waals surface area contributed by atoms with Crippen molar-refractivity contribution in [3.05, 3.63) is 138 Å². The number of rotatable bonds is 19. The normalized spacial score (nSPS) is 23.4. The van der Waals surface area contributed by atoms with Crippen molar-refractivity contribution in [2.24, 2.45) is 17.4 Å². The van der Waals surface area contributed by atoms with Gasteiger partial charge in [0.25, 0.3) is 0 Å². The molecule has 2 aromatic heterocycles. The number of nitrogens with zero attached hydrogens (tertiary/aromatic N) is 1. The molecule has 97 heavy (non-hydrogen) atoms. The van der Waals surface area contributed by atoms with E-state index in [1.165, 1.54) is 17.0 Å². The van der Waals surface area contributed by atoms with Gasteiger partial charge in [-0.1, -0.05) is 106 Å². The number of aromatic amines is 2. The molecule has 6 aromatic rings. The first-order valence-electron chi connectivity index (χ1n) is 32.6. The average Bonchev–Trinajstić information content (AvgIpc) is 1.75. The van der Waals surface area contributed by atoms with Crippen molar-refractivity contribution in [3.8, 4) is 5.75 Å². The van der Waals surface area contributed by atoms with Crippen LogP contribution in [0, 0.1) is 5.92 Å². The molecule has 1 unspecified atom stereocenters. The number of primary amides is 1. The molecule has 2 aliphatic rings. The Morgan fingerprint density at radius 3 is 1.45 bits per heavy atom. The second-order valence-corrected chi connectivity index (χ2v) is 25.0. The molecule has 10 atom stereocenters. The zero-order chi connectivity index (χ0) is 69.9. The molecule has 28 heteroatoms. The van der Waals surface area contributed by atoms with E-state index < -0.39 is 144 Å². The van der Waals surface area contributed by atoms with Crippen molar-refractivity contribution < 1.29 is 67.7 Å². The number of aromatic hydroxyl groups is 1. The van der Waals surface area contributed by atoms with Gasteiger partial charge in [0.1, 0.15) is 66.2 Å². The molecule has 4 heterocycles. The highest BCUT2D eigenvalue weighted by Crippen LogP contribution is 2.25. The van der Waals surface area contributed by atoms with Crippen LogP contribution in [0.1, 0.15) is 101 Å². The number of H-pyrrole nitrogens is 2. The number of carboxylic acid groups (broad SMARTS) is 1. The summed E-state index contributed by atoms with van der Waals surface area (Å²) in [6, 6.07) is 13.1. The number of fused-ring (bicyclic) bond motifs is 3. The highest BCUT2D eigenvalue weighted by Gasteiger charge is 2.42. The number of carboxylic acids is 1. The predicted molar refractivity (Wildman–Crippen MR) is 357 cm³/mol. The van der Waals surface area contributed by atoms with Crippen molar-refractivity contribution in [1.29, 1.82) is 0 Å². The van der Waals surface area contributed by atoms with E-state index in [1.807, 2.05) is 13.8 Å². The van der Waals surface area contributed by atoms with Gasteiger partial charge in [0, 0.05) is 66.4 Å². The molecule has 0 saturated carbocycles. The summed E-state index contributed by atoms with van der Waals surface area (Å²) in [6.45, 7) is 5.45. The molecule has 11 amide bonds. The topological polar surface area (TPSA) is 440 Å². The Bertz CT molecular complexity index is 3820. The third-order valence-electron chi connectivity index (χ3n) is 17.1. The Balaban J connectivity index is 1.21. The average molecular weight is 1340 g/mol. The largest absolute Gasteiger partial charge is 0.508 e. The minimum atomic E-state index is -2.01. The van der Waals surface area contributed by atoms with Gasteiger partial charge in [-0.15, -0.1) is 0 Å². The summed E-state index contributed by atoms with van der Waals surface area (Å²) in [4.78, 5) is 182.